The minimum atomic E-state index is 0.0752. The molecule has 3 nitrogen and oxygen atoms in total. The van der Waals surface area contributed by atoms with Crippen molar-refractivity contribution in [1.29, 1.82) is 0 Å². The standard InChI is InChI=1S/C13H10O.C10H12O2/c14-13(11-7-3-1-4-8-11)12-9-5-2-6-10-12;1-2-9(11)7-8-3-5-10(12)6-4-8/h1-10H;3-6,12H,2,7H2,1H3. The Balaban J connectivity index is 0.000000190. The highest BCUT2D eigenvalue weighted by molar-refractivity contribution is 6.08. The van der Waals surface area contributed by atoms with Crippen molar-refractivity contribution in [1.82, 2.24) is 0 Å². The van der Waals surface area contributed by atoms with Gasteiger partial charge in [-0.15, -0.1) is 0 Å². The van der Waals surface area contributed by atoms with Crippen molar-refractivity contribution in [2.24, 2.45) is 0 Å². The Morgan fingerprint density at radius 2 is 1.19 bits per heavy atom. The number of carbonyl (C=O) groups is 2. The molecule has 3 aromatic carbocycles. The summed E-state index contributed by atoms with van der Waals surface area (Å²) in [6, 6.07) is 25.3. The van der Waals surface area contributed by atoms with Gasteiger partial charge in [0, 0.05) is 24.0 Å². The van der Waals surface area contributed by atoms with Crippen molar-refractivity contribution in [3.8, 4) is 5.75 Å². The maximum Gasteiger partial charge on any atom is 0.193 e. The van der Waals surface area contributed by atoms with Gasteiger partial charge in [-0.05, 0) is 17.7 Å². The zero-order valence-corrected chi connectivity index (χ0v) is 14.8. The smallest absolute Gasteiger partial charge is 0.193 e. The summed E-state index contributed by atoms with van der Waals surface area (Å²) in [5, 5.41) is 8.96. The summed E-state index contributed by atoms with van der Waals surface area (Å²) in [4.78, 5) is 22.8. The third-order valence-electron chi connectivity index (χ3n) is 3.80. The third-order valence-corrected chi connectivity index (χ3v) is 3.80. The fraction of sp³-hybridized carbons (Fsp3) is 0.130. The van der Waals surface area contributed by atoms with Crippen LogP contribution < -0.4 is 0 Å². The van der Waals surface area contributed by atoms with Gasteiger partial charge in [0.05, 0.1) is 0 Å². The molecule has 1 N–H and O–H groups in total. The number of rotatable bonds is 5. The predicted octanol–water partition coefficient (Wildman–Crippen LogP) is 4.83. The van der Waals surface area contributed by atoms with Crippen molar-refractivity contribution >= 4 is 11.6 Å². The van der Waals surface area contributed by atoms with Crippen LogP contribution in [0.15, 0.2) is 84.9 Å². The van der Waals surface area contributed by atoms with Crippen LogP contribution in [0.5, 0.6) is 5.75 Å². The van der Waals surface area contributed by atoms with E-state index in [2.05, 4.69) is 0 Å². The molecular formula is C23H22O3. The van der Waals surface area contributed by atoms with E-state index in [-0.39, 0.29) is 17.3 Å². The summed E-state index contributed by atoms with van der Waals surface area (Å²) < 4.78 is 0. The molecule has 0 spiro atoms. The Bertz CT molecular complexity index is 781. The molecule has 0 radical (unpaired) electrons. The minimum absolute atomic E-state index is 0.0752. The van der Waals surface area contributed by atoms with Crippen molar-refractivity contribution < 1.29 is 14.7 Å². The van der Waals surface area contributed by atoms with Gasteiger partial charge in [-0.1, -0.05) is 79.7 Å². The maximum absolute atomic E-state index is 11.8. The van der Waals surface area contributed by atoms with Gasteiger partial charge in [0.25, 0.3) is 0 Å². The highest BCUT2D eigenvalue weighted by Gasteiger charge is 2.06. The molecule has 26 heavy (non-hydrogen) atoms. The quantitative estimate of drug-likeness (QED) is 0.673. The van der Waals surface area contributed by atoms with Crippen molar-refractivity contribution in [2.75, 3.05) is 0 Å². The maximum atomic E-state index is 11.8. The Morgan fingerprint density at radius 1 is 0.731 bits per heavy atom. The number of phenolic OH excluding ortho intramolecular Hbond substituents is 1. The van der Waals surface area contributed by atoms with E-state index in [1.807, 2.05) is 67.6 Å². The van der Waals surface area contributed by atoms with Gasteiger partial charge in [-0.25, -0.2) is 0 Å². The molecule has 132 valence electrons. The highest BCUT2D eigenvalue weighted by Crippen LogP contribution is 2.10. The number of aromatic hydroxyl groups is 1. The van der Waals surface area contributed by atoms with Crippen LogP contribution in [0.3, 0.4) is 0 Å². The number of phenols is 1. The summed E-state index contributed by atoms with van der Waals surface area (Å²) in [7, 11) is 0. The summed E-state index contributed by atoms with van der Waals surface area (Å²) >= 11 is 0. The van der Waals surface area contributed by atoms with E-state index in [0.717, 1.165) is 16.7 Å². The van der Waals surface area contributed by atoms with Gasteiger partial charge >= 0.3 is 0 Å². The van der Waals surface area contributed by atoms with Crippen LogP contribution in [0.4, 0.5) is 0 Å². The molecule has 0 fully saturated rings. The van der Waals surface area contributed by atoms with Gasteiger partial charge in [-0.3, -0.25) is 9.59 Å². The van der Waals surface area contributed by atoms with Crippen LogP contribution in [0, 0.1) is 0 Å². The fourth-order valence-corrected chi connectivity index (χ4v) is 2.31. The summed E-state index contributed by atoms with van der Waals surface area (Å²) in [6.07, 6.45) is 1.04. The lowest BCUT2D eigenvalue weighted by molar-refractivity contribution is -0.118. The van der Waals surface area contributed by atoms with E-state index < -0.39 is 0 Å². The first kappa shape index (κ1) is 19.1. The van der Waals surface area contributed by atoms with Crippen molar-refractivity contribution in [3.05, 3.63) is 102 Å². The van der Waals surface area contributed by atoms with E-state index >= 15 is 0 Å². The molecule has 3 rings (SSSR count). The second-order valence-electron chi connectivity index (χ2n) is 5.80. The van der Waals surface area contributed by atoms with Gasteiger partial charge in [-0.2, -0.15) is 0 Å². The lowest BCUT2D eigenvalue weighted by atomic mass is 10.0. The van der Waals surface area contributed by atoms with Gasteiger partial charge < -0.3 is 5.11 Å². The minimum Gasteiger partial charge on any atom is -0.508 e. The molecule has 0 saturated carbocycles. The lowest BCUT2D eigenvalue weighted by Crippen LogP contribution is -1.99. The molecule has 0 aliphatic carbocycles. The van der Waals surface area contributed by atoms with Gasteiger partial charge in [0.2, 0.25) is 0 Å². The molecule has 3 heteroatoms. The molecule has 0 unspecified atom stereocenters. The Kier molecular flexibility index (Phi) is 7.31. The molecular weight excluding hydrogens is 324 g/mol. The summed E-state index contributed by atoms with van der Waals surface area (Å²) in [6.45, 7) is 1.85. The number of carbonyl (C=O) groups excluding carboxylic acids is 2. The monoisotopic (exact) mass is 346 g/mol. The number of hydrogen-bond acceptors (Lipinski definition) is 3. The molecule has 0 amide bonds. The molecule has 0 heterocycles. The molecule has 3 aromatic rings. The lowest BCUT2D eigenvalue weighted by Gasteiger charge is -1.99. The van der Waals surface area contributed by atoms with E-state index in [9.17, 15) is 9.59 Å². The highest BCUT2D eigenvalue weighted by atomic mass is 16.3. The number of hydrogen-bond donors (Lipinski definition) is 1. The molecule has 0 aliphatic heterocycles. The van der Waals surface area contributed by atoms with Crippen LogP contribution in [0.1, 0.15) is 34.8 Å². The first-order chi connectivity index (χ1) is 12.6. The average Bonchev–Trinajstić information content (AvgIpc) is 2.71. The zero-order valence-electron chi connectivity index (χ0n) is 14.8. The molecule has 0 aliphatic rings. The van der Waals surface area contributed by atoms with Gasteiger partial charge in [0.1, 0.15) is 11.5 Å². The molecule has 0 saturated heterocycles. The first-order valence-corrected chi connectivity index (χ1v) is 8.54. The van der Waals surface area contributed by atoms with Crippen LogP contribution in [0.2, 0.25) is 0 Å². The number of Topliss-reactive ketones (excluding diaryl/α,β-unsaturated/α-hetero) is 1. The molecule has 0 atom stereocenters. The van der Waals surface area contributed by atoms with Crippen LogP contribution in [-0.4, -0.2) is 16.7 Å². The Morgan fingerprint density at radius 3 is 1.62 bits per heavy atom. The topological polar surface area (TPSA) is 54.4 Å². The number of benzene rings is 3. The summed E-state index contributed by atoms with van der Waals surface area (Å²) in [5.41, 5.74) is 2.43. The van der Waals surface area contributed by atoms with E-state index in [4.69, 9.17) is 5.11 Å². The van der Waals surface area contributed by atoms with E-state index in [1.165, 1.54) is 0 Å². The normalized spacial score (nSPS) is 9.73. The largest absolute Gasteiger partial charge is 0.508 e. The zero-order chi connectivity index (χ0) is 18.8. The first-order valence-electron chi connectivity index (χ1n) is 8.54. The number of ketones is 2. The van der Waals surface area contributed by atoms with Crippen molar-refractivity contribution in [2.45, 2.75) is 19.8 Å². The second-order valence-corrected chi connectivity index (χ2v) is 5.80. The summed E-state index contributed by atoms with van der Waals surface area (Å²) in [5.74, 6) is 0.537. The van der Waals surface area contributed by atoms with Crippen LogP contribution in [-0.2, 0) is 11.2 Å². The third kappa shape index (κ3) is 6.02. The predicted molar refractivity (Wildman–Crippen MR) is 103 cm³/mol. The Labute approximate surface area is 153 Å². The molecule has 0 aromatic heterocycles. The average molecular weight is 346 g/mol. The molecule has 0 bridgehead atoms. The van der Waals surface area contributed by atoms with Crippen LogP contribution in [0.25, 0.3) is 0 Å². The Hall–Kier alpha value is -3.20. The van der Waals surface area contributed by atoms with E-state index in [0.29, 0.717) is 12.8 Å². The van der Waals surface area contributed by atoms with Gasteiger partial charge in [0.15, 0.2) is 5.78 Å². The fourth-order valence-electron chi connectivity index (χ4n) is 2.31. The SMILES string of the molecule is CCC(=O)Cc1ccc(O)cc1.O=C(c1ccccc1)c1ccccc1. The van der Waals surface area contributed by atoms with Crippen LogP contribution >= 0.6 is 0 Å². The van der Waals surface area contributed by atoms with E-state index in [1.54, 1.807) is 24.3 Å². The second kappa shape index (κ2) is 9.94. The van der Waals surface area contributed by atoms with Crippen molar-refractivity contribution in [3.63, 3.8) is 0 Å².